The first-order chi connectivity index (χ1) is 10.3. The molecule has 3 aromatic heterocycles. The van der Waals surface area contributed by atoms with Crippen LogP contribution >= 0.6 is 0 Å². The largest absolute Gasteiger partial charge is 0.352 e. The summed E-state index contributed by atoms with van der Waals surface area (Å²) in [6, 6.07) is 3.72. The molecule has 0 unspecified atom stereocenters. The standard InChI is InChI=1S/C15H15N5O/c21-15(19-5-2-7-20-8-6-16-11-20)13-10-17-9-12-3-1-4-18-14(12)13/h1,3-4,6,8-11H,2,5,7H2,(H,19,21). The van der Waals surface area contributed by atoms with Gasteiger partial charge in [0.1, 0.15) is 0 Å². The number of aromatic nitrogens is 4. The van der Waals surface area contributed by atoms with Gasteiger partial charge in [0.2, 0.25) is 0 Å². The van der Waals surface area contributed by atoms with Gasteiger partial charge in [-0.3, -0.25) is 14.8 Å². The van der Waals surface area contributed by atoms with Crippen LogP contribution in [0.25, 0.3) is 10.9 Å². The van der Waals surface area contributed by atoms with E-state index in [9.17, 15) is 4.79 Å². The number of fused-ring (bicyclic) bond motifs is 1. The van der Waals surface area contributed by atoms with Crippen molar-refractivity contribution in [3.05, 3.63) is 55.0 Å². The van der Waals surface area contributed by atoms with Crippen LogP contribution in [0.3, 0.4) is 0 Å². The lowest BCUT2D eigenvalue weighted by molar-refractivity contribution is 0.0954. The molecule has 0 aliphatic carbocycles. The second kappa shape index (κ2) is 6.13. The van der Waals surface area contributed by atoms with Crippen LogP contribution in [0, 0.1) is 0 Å². The van der Waals surface area contributed by atoms with E-state index in [1.807, 2.05) is 22.9 Å². The average molecular weight is 281 g/mol. The third-order valence-corrected chi connectivity index (χ3v) is 3.19. The number of amides is 1. The van der Waals surface area contributed by atoms with E-state index in [0.29, 0.717) is 17.6 Å². The van der Waals surface area contributed by atoms with Gasteiger partial charge < -0.3 is 9.88 Å². The number of imidazole rings is 1. The number of nitrogens with zero attached hydrogens (tertiary/aromatic N) is 4. The Kier molecular flexibility index (Phi) is 3.86. The SMILES string of the molecule is O=C(NCCCn1ccnc1)c1cncc2cccnc12. The van der Waals surface area contributed by atoms with Crippen LogP contribution in [0.15, 0.2) is 49.4 Å². The minimum absolute atomic E-state index is 0.141. The van der Waals surface area contributed by atoms with Gasteiger partial charge in [0, 0.05) is 49.5 Å². The molecule has 6 nitrogen and oxygen atoms in total. The van der Waals surface area contributed by atoms with Crippen molar-refractivity contribution >= 4 is 16.8 Å². The Balaban J connectivity index is 1.62. The van der Waals surface area contributed by atoms with Crippen molar-refractivity contribution in [3.63, 3.8) is 0 Å². The van der Waals surface area contributed by atoms with Crippen LogP contribution in [0.5, 0.6) is 0 Å². The van der Waals surface area contributed by atoms with E-state index < -0.39 is 0 Å². The zero-order chi connectivity index (χ0) is 14.5. The van der Waals surface area contributed by atoms with Crippen molar-refractivity contribution in [3.8, 4) is 0 Å². The first-order valence-electron chi connectivity index (χ1n) is 6.77. The van der Waals surface area contributed by atoms with Gasteiger partial charge in [0.25, 0.3) is 5.91 Å². The molecule has 0 saturated heterocycles. The molecule has 0 aliphatic heterocycles. The Bertz CT molecular complexity index is 733. The van der Waals surface area contributed by atoms with Gasteiger partial charge >= 0.3 is 0 Å². The molecule has 0 aliphatic rings. The second-order valence-corrected chi connectivity index (χ2v) is 4.67. The number of aryl methyl sites for hydroxylation is 1. The summed E-state index contributed by atoms with van der Waals surface area (Å²) in [5.74, 6) is -0.141. The van der Waals surface area contributed by atoms with Crippen molar-refractivity contribution < 1.29 is 4.79 Å². The number of hydrogen-bond donors (Lipinski definition) is 1. The van der Waals surface area contributed by atoms with E-state index >= 15 is 0 Å². The number of hydrogen-bond acceptors (Lipinski definition) is 4. The van der Waals surface area contributed by atoms with E-state index in [4.69, 9.17) is 0 Å². The van der Waals surface area contributed by atoms with Gasteiger partial charge in [0.15, 0.2) is 0 Å². The van der Waals surface area contributed by atoms with Gasteiger partial charge in [-0.05, 0) is 18.6 Å². The Morgan fingerprint density at radius 2 is 2.19 bits per heavy atom. The summed E-state index contributed by atoms with van der Waals surface area (Å²) in [5, 5.41) is 3.77. The van der Waals surface area contributed by atoms with E-state index in [-0.39, 0.29) is 5.91 Å². The molecule has 0 spiro atoms. The summed E-state index contributed by atoms with van der Waals surface area (Å²) in [6.45, 7) is 1.42. The maximum atomic E-state index is 12.2. The summed E-state index contributed by atoms with van der Waals surface area (Å²) in [6.07, 6.45) is 11.2. The monoisotopic (exact) mass is 281 g/mol. The fourth-order valence-corrected chi connectivity index (χ4v) is 2.14. The predicted molar refractivity (Wildman–Crippen MR) is 78.7 cm³/mol. The summed E-state index contributed by atoms with van der Waals surface area (Å²) in [7, 11) is 0. The lowest BCUT2D eigenvalue weighted by Gasteiger charge is -2.07. The molecule has 0 aromatic carbocycles. The smallest absolute Gasteiger partial charge is 0.255 e. The molecular weight excluding hydrogens is 266 g/mol. The molecule has 0 fully saturated rings. The molecule has 3 rings (SSSR count). The Morgan fingerprint density at radius 3 is 3.05 bits per heavy atom. The quantitative estimate of drug-likeness (QED) is 0.722. The van der Waals surface area contributed by atoms with Crippen LogP contribution in [-0.4, -0.2) is 32.0 Å². The van der Waals surface area contributed by atoms with E-state index in [1.165, 1.54) is 0 Å². The van der Waals surface area contributed by atoms with Crippen LogP contribution < -0.4 is 5.32 Å². The molecule has 3 aromatic rings. The molecule has 0 radical (unpaired) electrons. The molecule has 0 bridgehead atoms. The first-order valence-corrected chi connectivity index (χ1v) is 6.77. The summed E-state index contributed by atoms with van der Waals surface area (Å²) in [4.78, 5) is 24.5. The number of carbonyl (C=O) groups is 1. The highest BCUT2D eigenvalue weighted by atomic mass is 16.1. The maximum Gasteiger partial charge on any atom is 0.255 e. The van der Waals surface area contributed by atoms with Gasteiger partial charge in [-0.25, -0.2) is 4.98 Å². The van der Waals surface area contributed by atoms with Crippen molar-refractivity contribution in [1.82, 2.24) is 24.8 Å². The third-order valence-electron chi connectivity index (χ3n) is 3.19. The molecule has 1 amide bonds. The molecule has 21 heavy (non-hydrogen) atoms. The molecule has 1 N–H and O–H groups in total. The third kappa shape index (κ3) is 3.05. The van der Waals surface area contributed by atoms with E-state index in [0.717, 1.165) is 18.4 Å². The summed E-state index contributed by atoms with van der Waals surface area (Å²) in [5.41, 5.74) is 1.19. The lowest BCUT2D eigenvalue weighted by Crippen LogP contribution is -2.25. The van der Waals surface area contributed by atoms with Gasteiger partial charge in [-0.15, -0.1) is 0 Å². The predicted octanol–water partition coefficient (Wildman–Crippen LogP) is 1.65. The van der Waals surface area contributed by atoms with Crippen LogP contribution in [0.2, 0.25) is 0 Å². The zero-order valence-corrected chi connectivity index (χ0v) is 11.4. The molecule has 6 heteroatoms. The van der Waals surface area contributed by atoms with E-state index in [1.54, 1.807) is 31.1 Å². The highest BCUT2D eigenvalue weighted by molar-refractivity contribution is 6.04. The van der Waals surface area contributed by atoms with Crippen molar-refractivity contribution in [1.29, 1.82) is 0 Å². The second-order valence-electron chi connectivity index (χ2n) is 4.67. The molecular formula is C15H15N5O. The van der Waals surface area contributed by atoms with Crippen LogP contribution in [0.4, 0.5) is 0 Å². The Hall–Kier alpha value is -2.76. The number of rotatable bonds is 5. The lowest BCUT2D eigenvalue weighted by atomic mass is 10.1. The molecule has 0 saturated carbocycles. The van der Waals surface area contributed by atoms with Gasteiger partial charge in [0.05, 0.1) is 17.4 Å². The number of carbonyl (C=O) groups excluding carboxylic acids is 1. The van der Waals surface area contributed by atoms with Crippen LogP contribution in [0.1, 0.15) is 16.8 Å². The molecule has 0 atom stereocenters. The highest BCUT2D eigenvalue weighted by Crippen LogP contribution is 2.13. The highest BCUT2D eigenvalue weighted by Gasteiger charge is 2.10. The summed E-state index contributed by atoms with van der Waals surface area (Å²) >= 11 is 0. The topological polar surface area (TPSA) is 72.7 Å². The van der Waals surface area contributed by atoms with Crippen molar-refractivity contribution in [2.45, 2.75) is 13.0 Å². The minimum atomic E-state index is -0.141. The summed E-state index contributed by atoms with van der Waals surface area (Å²) < 4.78 is 1.98. The fourth-order valence-electron chi connectivity index (χ4n) is 2.14. The zero-order valence-electron chi connectivity index (χ0n) is 11.4. The van der Waals surface area contributed by atoms with Crippen molar-refractivity contribution in [2.24, 2.45) is 0 Å². The Morgan fingerprint density at radius 1 is 1.24 bits per heavy atom. The fraction of sp³-hybridized carbons (Fsp3) is 0.200. The first kappa shape index (κ1) is 13.2. The van der Waals surface area contributed by atoms with Gasteiger partial charge in [-0.2, -0.15) is 0 Å². The number of nitrogens with one attached hydrogen (secondary N) is 1. The molecule has 106 valence electrons. The van der Waals surface area contributed by atoms with Crippen molar-refractivity contribution in [2.75, 3.05) is 6.54 Å². The average Bonchev–Trinajstić information content (AvgIpc) is 3.04. The Labute approximate surface area is 121 Å². The van der Waals surface area contributed by atoms with Gasteiger partial charge in [-0.1, -0.05) is 0 Å². The van der Waals surface area contributed by atoms with E-state index in [2.05, 4.69) is 20.3 Å². The minimum Gasteiger partial charge on any atom is -0.352 e. The van der Waals surface area contributed by atoms with Crippen LogP contribution in [-0.2, 0) is 6.54 Å². The normalized spacial score (nSPS) is 10.7. The molecule has 3 heterocycles. The maximum absolute atomic E-state index is 12.2. The number of pyridine rings is 2.